The van der Waals surface area contributed by atoms with Gasteiger partial charge in [0.1, 0.15) is 0 Å². The van der Waals surface area contributed by atoms with Crippen molar-refractivity contribution in [3.63, 3.8) is 0 Å². The number of ether oxygens (including phenoxy) is 1. The Kier molecular flexibility index (Phi) is 3.94. The Morgan fingerprint density at radius 2 is 1.42 bits per heavy atom. The second-order valence-corrected chi connectivity index (χ2v) is 8.12. The molecule has 0 aromatic heterocycles. The van der Waals surface area contributed by atoms with Crippen LogP contribution < -0.4 is 0 Å². The SMILES string of the molecule is COC(=O)c1cc(Cc2ccccc2)c2cc3ccc4cccc5ccc(c2c1)c3c45. The molecule has 6 rings (SSSR count). The molecule has 0 fully saturated rings. The summed E-state index contributed by atoms with van der Waals surface area (Å²) >= 11 is 0. The van der Waals surface area contributed by atoms with E-state index in [1.807, 2.05) is 18.2 Å². The van der Waals surface area contributed by atoms with E-state index in [4.69, 9.17) is 4.74 Å². The predicted octanol–water partition coefficient (Wildman–Crippen LogP) is 7.11. The molecule has 6 aromatic carbocycles. The zero-order chi connectivity index (χ0) is 20.9. The van der Waals surface area contributed by atoms with E-state index in [-0.39, 0.29) is 5.97 Å². The Labute approximate surface area is 180 Å². The maximum absolute atomic E-state index is 12.5. The second kappa shape index (κ2) is 6.82. The minimum atomic E-state index is -0.304. The molecule has 0 spiro atoms. The van der Waals surface area contributed by atoms with Gasteiger partial charge in [-0.1, -0.05) is 72.8 Å². The number of rotatable bonds is 3. The number of fused-ring (bicyclic) bond motifs is 2. The molecule has 0 unspecified atom stereocenters. The van der Waals surface area contributed by atoms with Gasteiger partial charge in [-0.15, -0.1) is 0 Å². The van der Waals surface area contributed by atoms with Crippen molar-refractivity contribution in [3.05, 3.63) is 108 Å². The summed E-state index contributed by atoms with van der Waals surface area (Å²) in [6.45, 7) is 0. The van der Waals surface area contributed by atoms with Gasteiger partial charge in [-0.25, -0.2) is 4.79 Å². The van der Waals surface area contributed by atoms with Gasteiger partial charge in [-0.2, -0.15) is 0 Å². The van der Waals surface area contributed by atoms with E-state index in [0.717, 1.165) is 17.4 Å². The third kappa shape index (κ3) is 2.76. The largest absolute Gasteiger partial charge is 0.465 e. The van der Waals surface area contributed by atoms with Crippen LogP contribution in [0.3, 0.4) is 0 Å². The Hall–Kier alpha value is -3.91. The highest BCUT2D eigenvalue weighted by Crippen LogP contribution is 2.40. The molecular formula is C29H20O2. The van der Waals surface area contributed by atoms with Crippen LogP contribution in [0.15, 0.2) is 91.0 Å². The zero-order valence-corrected chi connectivity index (χ0v) is 17.2. The summed E-state index contributed by atoms with van der Waals surface area (Å²) in [4.78, 5) is 12.5. The molecule has 0 heterocycles. The molecule has 0 aliphatic carbocycles. The van der Waals surface area contributed by atoms with Gasteiger partial charge in [0.25, 0.3) is 0 Å². The number of methoxy groups -OCH3 is 1. The van der Waals surface area contributed by atoms with Crippen molar-refractivity contribution in [2.24, 2.45) is 0 Å². The van der Waals surface area contributed by atoms with Gasteiger partial charge in [0.05, 0.1) is 12.7 Å². The molecule has 0 saturated heterocycles. The van der Waals surface area contributed by atoms with Gasteiger partial charge in [0.15, 0.2) is 0 Å². The highest BCUT2D eigenvalue weighted by Gasteiger charge is 2.16. The lowest BCUT2D eigenvalue weighted by Crippen LogP contribution is -2.03. The summed E-state index contributed by atoms with van der Waals surface area (Å²) < 4.78 is 5.08. The first kappa shape index (κ1) is 17.9. The Morgan fingerprint density at radius 1 is 0.677 bits per heavy atom. The number of carbonyl (C=O) groups is 1. The summed E-state index contributed by atoms with van der Waals surface area (Å²) in [5, 5.41) is 9.71. The number of hydrogen-bond acceptors (Lipinski definition) is 2. The first-order valence-corrected chi connectivity index (χ1v) is 10.5. The normalized spacial score (nSPS) is 11.6. The monoisotopic (exact) mass is 400 g/mol. The fourth-order valence-corrected chi connectivity index (χ4v) is 4.91. The van der Waals surface area contributed by atoms with Gasteiger partial charge in [-0.05, 0) is 78.8 Å². The van der Waals surface area contributed by atoms with E-state index in [9.17, 15) is 4.79 Å². The van der Waals surface area contributed by atoms with Gasteiger partial charge in [0.2, 0.25) is 0 Å². The van der Waals surface area contributed by atoms with Crippen LogP contribution in [0.1, 0.15) is 21.5 Å². The number of carbonyl (C=O) groups excluding carboxylic acids is 1. The average molecular weight is 400 g/mol. The van der Waals surface area contributed by atoms with Crippen molar-refractivity contribution in [3.8, 4) is 0 Å². The predicted molar refractivity (Wildman–Crippen MR) is 128 cm³/mol. The summed E-state index contributed by atoms with van der Waals surface area (Å²) in [6, 6.07) is 31.9. The minimum Gasteiger partial charge on any atom is -0.465 e. The second-order valence-electron chi connectivity index (χ2n) is 8.12. The highest BCUT2D eigenvalue weighted by molar-refractivity contribution is 6.29. The average Bonchev–Trinajstić information content (AvgIpc) is 2.82. The van der Waals surface area contributed by atoms with Crippen molar-refractivity contribution >= 4 is 49.1 Å². The summed E-state index contributed by atoms with van der Waals surface area (Å²) in [5.41, 5.74) is 2.95. The Balaban J connectivity index is 1.74. The number of hydrogen-bond donors (Lipinski definition) is 0. The summed E-state index contributed by atoms with van der Waals surface area (Å²) in [7, 11) is 1.44. The van der Waals surface area contributed by atoms with E-state index in [2.05, 4.69) is 72.8 Å². The molecule has 31 heavy (non-hydrogen) atoms. The molecule has 0 N–H and O–H groups in total. The van der Waals surface area contributed by atoms with Crippen LogP contribution in [0.25, 0.3) is 43.1 Å². The van der Waals surface area contributed by atoms with Crippen LogP contribution in [0.4, 0.5) is 0 Å². The van der Waals surface area contributed by atoms with Crippen LogP contribution in [0, 0.1) is 0 Å². The Bertz CT molecular complexity index is 1580. The molecule has 0 radical (unpaired) electrons. The molecule has 6 aromatic rings. The molecule has 2 nitrogen and oxygen atoms in total. The Morgan fingerprint density at radius 3 is 2.19 bits per heavy atom. The summed E-state index contributed by atoms with van der Waals surface area (Å²) in [5.74, 6) is -0.304. The van der Waals surface area contributed by atoms with E-state index in [1.54, 1.807) is 0 Å². The fourth-order valence-electron chi connectivity index (χ4n) is 4.91. The number of esters is 1. The lowest BCUT2D eigenvalue weighted by atomic mass is 9.88. The van der Waals surface area contributed by atoms with E-state index < -0.39 is 0 Å². The molecule has 0 saturated carbocycles. The molecule has 148 valence electrons. The highest BCUT2D eigenvalue weighted by atomic mass is 16.5. The van der Waals surface area contributed by atoms with Crippen molar-refractivity contribution in [1.29, 1.82) is 0 Å². The first-order valence-electron chi connectivity index (χ1n) is 10.5. The molecule has 0 bridgehead atoms. The lowest BCUT2D eigenvalue weighted by molar-refractivity contribution is 0.0601. The smallest absolute Gasteiger partial charge is 0.337 e. The zero-order valence-electron chi connectivity index (χ0n) is 17.2. The number of benzene rings is 6. The summed E-state index contributed by atoms with van der Waals surface area (Å²) in [6.07, 6.45) is 0.760. The minimum absolute atomic E-state index is 0.304. The topological polar surface area (TPSA) is 26.3 Å². The van der Waals surface area contributed by atoms with Crippen molar-refractivity contribution in [1.82, 2.24) is 0 Å². The molecule has 0 amide bonds. The van der Waals surface area contributed by atoms with Gasteiger partial charge < -0.3 is 4.74 Å². The molecule has 2 heteroatoms. The quantitative estimate of drug-likeness (QED) is 0.180. The van der Waals surface area contributed by atoms with E-state index in [1.165, 1.54) is 50.4 Å². The molecule has 0 aliphatic heterocycles. The van der Waals surface area contributed by atoms with Crippen molar-refractivity contribution in [2.75, 3.05) is 7.11 Å². The van der Waals surface area contributed by atoms with Crippen molar-refractivity contribution in [2.45, 2.75) is 6.42 Å². The van der Waals surface area contributed by atoms with Crippen LogP contribution in [-0.4, -0.2) is 13.1 Å². The van der Waals surface area contributed by atoms with Gasteiger partial charge in [-0.3, -0.25) is 0 Å². The van der Waals surface area contributed by atoms with Gasteiger partial charge in [0, 0.05) is 0 Å². The van der Waals surface area contributed by atoms with Crippen LogP contribution in [-0.2, 0) is 11.2 Å². The first-order chi connectivity index (χ1) is 15.2. The van der Waals surface area contributed by atoms with E-state index >= 15 is 0 Å². The van der Waals surface area contributed by atoms with E-state index in [0.29, 0.717) is 5.56 Å². The van der Waals surface area contributed by atoms with Crippen LogP contribution in [0.5, 0.6) is 0 Å². The van der Waals surface area contributed by atoms with Crippen LogP contribution >= 0.6 is 0 Å². The van der Waals surface area contributed by atoms with Crippen molar-refractivity contribution < 1.29 is 9.53 Å². The molecular weight excluding hydrogens is 380 g/mol. The molecule has 0 atom stereocenters. The fraction of sp³-hybridized carbons (Fsp3) is 0.0690. The standard InChI is InChI=1S/C29H20O2/c1-31-29(30)23-15-22(14-18-6-3-2-4-7-18)25-16-21-11-10-19-8-5-9-20-12-13-24(26(25)17-23)28(21)27(19)20/h2-13,15-17H,14H2,1H3. The third-order valence-electron chi connectivity index (χ3n) is 6.32. The third-order valence-corrected chi connectivity index (χ3v) is 6.32. The van der Waals surface area contributed by atoms with Gasteiger partial charge >= 0.3 is 5.97 Å². The maximum atomic E-state index is 12.5. The lowest BCUT2D eigenvalue weighted by Gasteiger charge is -2.16. The maximum Gasteiger partial charge on any atom is 0.337 e. The van der Waals surface area contributed by atoms with Crippen LogP contribution in [0.2, 0.25) is 0 Å². The molecule has 0 aliphatic rings.